The Kier molecular flexibility index (Phi) is 4.97. The van der Waals surface area contributed by atoms with E-state index in [4.69, 9.17) is 0 Å². The predicted octanol–water partition coefficient (Wildman–Crippen LogP) is 3.30. The van der Waals surface area contributed by atoms with Gasteiger partial charge in [0.15, 0.2) is 0 Å². The number of aromatic amines is 1. The maximum Gasteiger partial charge on any atom is 0.136 e. The summed E-state index contributed by atoms with van der Waals surface area (Å²) in [5, 5.41) is 12.7. The number of benzene rings is 1. The topological polar surface area (TPSA) is 56.3 Å². The fourth-order valence-corrected chi connectivity index (χ4v) is 9.04. The summed E-state index contributed by atoms with van der Waals surface area (Å²) in [7, 11) is 1.05. The molecule has 1 aromatic heterocycles. The molecule has 2 aliphatic heterocycles. The summed E-state index contributed by atoms with van der Waals surface area (Å²) < 4.78 is 13.0. The van der Waals surface area contributed by atoms with Gasteiger partial charge >= 0.3 is 0 Å². The molecule has 0 bridgehead atoms. The van der Waals surface area contributed by atoms with E-state index in [0.29, 0.717) is 18.7 Å². The normalized spacial score (nSPS) is 36.4. The molecule has 2 saturated heterocycles. The van der Waals surface area contributed by atoms with Gasteiger partial charge in [0.25, 0.3) is 0 Å². The summed E-state index contributed by atoms with van der Waals surface area (Å²) in [5.41, 5.74) is 1.30. The minimum Gasteiger partial charge on any atom is -0.388 e. The molecule has 4 nitrogen and oxygen atoms in total. The van der Waals surface area contributed by atoms with E-state index in [1.54, 1.807) is 11.8 Å². The first-order chi connectivity index (χ1) is 12.5. The van der Waals surface area contributed by atoms with Crippen LogP contribution >= 0.6 is 11.8 Å². The van der Waals surface area contributed by atoms with Crippen molar-refractivity contribution < 1.29 is 9.32 Å². The number of fused-ring (bicyclic) bond motifs is 1. The highest BCUT2D eigenvalue weighted by Gasteiger charge is 2.57. The molecule has 2 fully saturated rings. The molecule has 0 aliphatic carbocycles. The van der Waals surface area contributed by atoms with E-state index in [9.17, 15) is 9.32 Å². The Labute approximate surface area is 162 Å². The molecular formula is C20H28N2O2S2. The highest BCUT2D eigenvalue weighted by Crippen LogP contribution is 2.55. The number of aromatic nitrogens is 1. The standard InChI is InChI=1S/C20H28N2O2S2/c1-3-19(23)14-22(2)10-9-17(19)20(25-11-6-12-26(20)24)18-13-15-7-4-5-8-16(15)21-18/h4-5,7-8,13,17,21,23H,3,6,9-12,14H2,1-2H3/t17-,19-,20?,26?/m1/s1. The molecule has 3 heterocycles. The Balaban J connectivity index is 1.87. The SMILES string of the molecule is CC[C@@]1(O)CN(C)CC[C@H]1C1(c2cc3ccccc3[nH]2)SCCCS1=O. The molecule has 2 N–H and O–H groups in total. The van der Waals surface area contributed by atoms with Crippen LogP contribution in [0.3, 0.4) is 0 Å². The second kappa shape index (κ2) is 6.97. The van der Waals surface area contributed by atoms with Gasteiger partial charge in [0.1, 0.15) is 4.08 Å². The average molecular weight is 393 g/mol. The van der Waals surface area contributed by atoms with Gasteiger partial charge in [-0.25, -0.2) is 0 Å². The fraction of sp³-hybridized carbons (Fsp3) is 0.600. The average Bonchev–Trinajstić information content (AvgIpc) is 3.07. The summed E-state index contributed by atoms with van der Waals surface area (Å²) in [4.78, 5) is 5.77. The molecule has 0 spiro atoms. The van der Waals surface area contributed by atoms with Crippen LogP contribution in [0.25, 0.3) is 10.9 Å². The molecule has 4 rings (SSSR count). The van der Waals surface area contributed by atoms with Crippen LogP contribution < -0.4 is 0 Å². The number of likely N-dealkylation sites (tertiary alicyclic amines) is 1. The molecule has 2 aromatic rings. The first-order valence-corrected chi connectivity index (χ1v) is 11.8. The number of hydrogen-bond donors (Lipinski definition) is 2. The van der Waals surface area contributed by atoms with Crippen LogP contribution in [-0.2, 0) is 14.9 Å². The lowest BCUT2D eigenvalue weighted by Crippen LogP contribution is -2.60. The van der Waals surface area contributed by atoms with Crippen molar-refractivity contribution in [3.8, 4) is 0 Å². The molecule has 142 valence electrons. The highest BCUT2D eigenvalue weighted by molar-refractivity contribution is 8.12. The molecule has 4 atom stereocenters. The summed E-state index contributed by atoms with van der Waals surface area (Å²) in [5.74, 6) is 1.69. The third kappa shape index (κ3) is 2.86. The minimum atomic E-state index is -1.02. The minimum absolute atomic E-state index is 0.0182. The quantitative estimate of drug-likeness (QED) is 0.842. The maximum atomic E-state index is 13.5. The van der Waals surface area contributed by atoms with Crippen LogP contribution in [0.4, 0.5) is 0 Å². The fourth-order valence-electron chi connectivity index (χ4n) is 4.72. The van der Waals surface area contributed by atoms with Crippen molar-refractivity contribution in [2.75, 3.05) is 31.6 Å². The Hall–Kier alpha value is -0.820. The van der Waals surface area contributed by atoms with Gasteiger partial charge < -0.3 is 15.0 Å². The molecule has 0 amide bonds. The number of para-hydroxylation sites is 1. The van der Waals surface area contributed by atoms with E-state index in [2.05, 4.69) is 42.1 Å². The Bertz CT molecular complexity index is 790. The third-order valence-corrected chi connectivity index (χ3v) is 10.3. The van der Waals surface area contributed by atoms with Gasteiger partial charge in [0, 0.05) is 40.2 Å². The second-order valence-electron chi connectivity index (χ2n) is 7.73. The van der Waals surface area contributed by atoms with Crippen molar-refractivity contribution in [1.29, 1.82) is 0 Å². The molecule has 2 unspecified atom stereocenters. The molecule has 2 aliphatic rings. The van der Waals surface area contributed by atoms with Gasteiger partial charge in [0.2, 0.25) is 0 Å². The smallest absolute Gasteiger partial charge is 0.136 e. The number of likely N-dealkylation sites (N-methyl/N-ethyl adjacent to an activating group) is 1. The van der Waals surface area contributed by atoms with E-state index in [0.717, 1.165) is 41.7 Å². The molecule has 0 saturated carbocycles. The zero-order valence-corrected chi connectivity index (χ0v) is 17.2. The zero-order chi connectivity index (χ0) is 18.4. The maximum absolute atomic E-state index is 13.5. The van der Waals surface area contributed by atoms with Crippen LogP contribution in [-0.4, -0.2) is 56.4 Å². The highest BCUT2D eigenvalue weighted by atomic mass is 32.2. The number of nitrogens with one attached hydrogen (secondary N) is 1. The lowest BCUT2D eigenvalue weighted by molar-refractivity contribution is -0.0788. The largest absolute Gasteiger partial charge is 0.388 e. The first-order valence-electron chi connectivity index (χ1n) is 9.51. The Morgan fingerprint density at radius 2 is 2.23 bits per heavy atom. The summed E-state index contributed by atoms with van der Waals surface area (Å²) in [6.07, 6.45) is 2.53. The lowest BCUT2D eigenvalue weighted by Gasteiger charge is -2.52. The van der Waals surface area contributed by atoms with Gasteiger partial charge in [-0.2, -0.15) is 0 Å². The monoisotopic (exact) mass is 392 g/mol. The second-order valence-corrected chi connectivity index (χ2v) is 11.1. The van der Waals surface area contributed by atoms with Crippen LogP contribution in [0.15, 0.2) is 30.3 Å². The third-order valence-electron chi connectivity index (χ3n) is 6.10. The number of piperidine rings is 1. The number of rotatable bonds is 3. The summed E-state index contributed by atoms with van der Waals surface area (Å²) in [6.45, 7) is 3.64. The zero-order valence-electron chi connectivity index (χ0n) is 15.5. The van der Waals surface area contributed by atoms with Crippen molar-refractivity contribution in [3.05, 3.63) is 36.0 Å². The number of H-pyrrole nitrogens is 1. The van der Waals surface area contributed by atoms with Crippen LogP contribution in [0.2, 0.25) is 0 Å². The van der Waals surface area contributed by atoms with Crippen molar-refractivity contribution in [2.24, 2.45) is 5.92 Å². The number of aliphatic hydroxyl groups is 1. The number of β-amino-alcohol motifs (C(OH)–C–C–N with tert-alkyl or cyclic N) is 1. The molecule has 0 radical (unpaired) electrons. The predicted molar refractivity (Wildman–Crippen MR) is 111 cm³/mol. The first kappa shape index (κ1) is 18.5. The summed E-state index contributed by atoms with van der Waals surface area (Å²) >= 11 is 1.80. The molecule has 26 heavy (non-hydrogen) atoms. The van der Waals surface area contributed by atoms with Gasteiger partial charge in [0.05, 0.1) is 5.60 Å². The number of hydrogen-bond acceptors (Lipinski definition) is 4. The Morgan fingerprint density at radius 1 is 1.42 bits per heavy atom. The van der Waals surface area contributed by atoms with Crippen LogP contribution in [0.5, 0.6) is 0 Å². The van der Waals surface area contributed by atoms with Crippen molar-refractivity contribution >= 4 is 33.5 Å². The van der Waals surface area contributed by atoms with Gasteiger partial charge in [-0.15, -0.1) is 11.8 Å². The van der Waals surface area contributed by atoms with Crippen molar-refractivity contribution in [3.63, 3.8) is 0 Å². The summed E-state index contributed by atoms with van der Waals surface area (Å²) in [6, 6.07) is 10.4. The lowest BCUT2D eigenvalue weighted by atomic mass is 9.76. The van der Waals surface area contributed by atoms with Crippen LogP contribution in [0.1, 0.15) is 31.9 Å². The van der Waals surface area contributed by atoms with Crippen molar-refractivity contribution in [2.45, 2.75) is 35.9 Å². The van der Waals surface area contributed by atoms with Crippen LogP contribution in [0, 0.1) is 5.92 Å². The number of thioether (sulfide) groups is 1. The van der Waals surface area contributed by atoms with E-state index in [-0.39, 0.29) is 5.92 Å². The Morgan fingerprint density at radius 3 is 2.96 bits per heavy atom. The molecule has 1 aromatic carbocycles. The van der Waals surface area contributed by atoms with E-state index in [1.165, 1.54) is 0 Å². The van der Waals surface area contributed by atoms with E-state index in [1.807, 2.05) is 12.1 Å². The van der Waals surface area contributed by atoms with E-state index < -0.39 is 20.5 Å². The van der Waals surface area contributed by atoms with E-state index >= 15 is 0 Å². The van der Waals surface area contributed by atoms with Crippen molar-refractivity contribution in [1.82, 2.24) is 9.88 Å². The number of nitrogens with zero attached hydrogens (tertiary/aromatic N) is 1. The molecule has 6 heteroatoms. The van der Waals surface area contributed by atoms with Gasteiger partial charge in [-0.1, -0.05) is 25.1 Å². The van der Waals surface area contributed by atoms with Gasteiger partial charge in [-0.05, 0) is 56.1 Å². The van der Waals surface area contributed by atoms with Gasteiger partial charge in [-0.3, -0.25) is 4.21 Å². The molecular weight excluding hydrogens is 364 g/mol.